The minimum Gasteiger partial charge on any atom is -0.465 e. The molecule has 9 nitrogen and oxygen atoms in total. The molecule has 0 saturated carbocycles. The van der Waals surface area contributed by atoms with Gasteiger partial charge in [0.15, 0.2) is 11.6 Å². The van der Waals surface area contributed by atoms with E-state index >= 15 is 0 Å². The Morgan fingerprint density at radius 2 is 1.78 bits per heavy atom. The lowest BCUT2D eigenvalue weighted by Gasteiger charge is -2.12. The number of nitrogens with one attached hydrogen (secondary N) is 1. The van der Waals surface area contributed by atoms with Crippen molar-refractivity contribution in [1.82, 2.24) is 14.8 Å². The number of benzene rings is 2. The molecule has 37 heavy (non-hydrogen) atoms. The molecular formula is C28H26N4O5. The van der Waals surface area contributed by atoms with E-state index in [-0.39, 0.29) is 18.0 Å². The van der Waals surface area contributed by atoms with Crippen molar-refractivity contribution in [3.05, 3.63) is 88.6 Å². The van der Waals surface area contributed by atoms with Gasteiger partial charge in [-0.05, 0) is 61.7 Å². The fourth-order valence-corrected chi connectivity index (χ4v) is 3.83. The Kier molecular flexibility index (Phi) is 7.43. The lowest BCUT2D eigenvalue weighted by molar-refractivity contribution is -0.111. The first-order valence-electron chi connectivity index (χ1n) is 11.6. The predicted octanol–water partition coefficient (Wildman–Crippen LogP) is 4.65. The van der Waals surface area contributed by atoms with Crippen molar-refractivity contribution < 1.29 is 23.9 Å². The van der Waals surface area contributed by atoms with E-state index in [2.05, 4.69) is 10.4 Å². The summed E-state index contributed by atoms with van der Waals surface area (Å²) in [5, 5.41) is 8.10. The van der Waals surface area contributed by atoms with E-state index in [9.17, 15) is 14.4 Å². The molecule has 0 unspecified atom stereocenters. The average Bonchev–Trinajstić information content (AvgIpc) is 3.31. The van der Waals surface area contributed by atoms with Gasteiger partial charge in [-0.2, -0.15) is 9.78 Å². The van der Waals surface area contributed by atoms with Crippen LogP contribution in [0.2, 0.25) is 0 Å². The molecule has 9 heteroatoms. The zero-order valence-corrected chi connectivity index (χ0v) is 20.9. The summed E-state index contributed by atoms with van der Waals surface area (Å²) in [6, 6.07) is 14.4. The molecule has 1 amide bonds. The van der Waals surface area contributed by atoms with Crippen molar-refractivity contribution in [1.29, 1.82) is 0 Å². The number of ether oxygens (including phenoxy) is 2. The highest BCUT2D eigenvalue weighted by atomic mass is 16.5. The van der Waals surface area contributed by atoms with Crippen LogP contribution in [0.3, 0.4) is 0 Å². The molecule has 0 saturated heterocycles. The summed E-state index contributed by atoms with van der Waals surface area (Å²) in [5.74, 6) is -0.944. The topological polar surface area (TPSA) is 112 Å². The van der Waals surface area contributed by atoms with Crippen LogP contribution >= 0.6 is 0 Å². The van der Waals surface area contributed by atoms with Crippen LogP contribution in [0.1, 0.15) is 44.3 Å². The Hall–Kier alpha value is -4.79. The standard InChI is InChI=1S/C28H26N4O5/c1-5-37-28(35)22-16-29-32(23-15-18(3)21-8-6-7-17(2)25(21)30-23)26(22)31-24(33)14-11-19-9-12-20(13-10-19)27(34)36-4/h6-16H,5H2,1-4H3,(H,31,33)/b14-11+. The summed E-state index contributed by atoms with van der Waals surface area (Å²) in [5.41, 5.74) is 3.98. The maximum absolute atomic E-state index is 12.9. The summed E-state index contributed by atoms with van der Waals surface area (Å²) >= 11 is 0. The number of para-hydroxylation sites is 1. The van der Waals surface area contributed by atoms with E-state index in [0.717, 1.165) is 22.0 Å². The highest BCUT2D eigenvalue weighted by Gasteiger charge is 2.22. The summed E-state index contributed by atoms with van der Waals surface area (Å²) in [4.78, 5) is 41.8. The van der Waals surface area contributed by atoms with Crippen molar-refractivity contribution in [2.24, 2.45) is 0 Å². The molecule has 2 heterocycles. The summed E-state index contributed by atoms with van der Waals surface area (Å²) < 4.78 is 11.3. The maximum Gasteiger partial charge on any atom is 0.343 e. The number of hydrogen-bond donors (Lipinski definition) is 1. The molecule has 0 radical (unpaired) electrons. The Morgan fingerprint density at radius 3 is 2.49 bits per heavy atom. The molecule has 188 valence electrons. The van der Waals surface area contributed by atoms with Crippen LogP contribution in [0.4, 0.5) is 5.82 Å². The van der Waals surface area contributed by atoms with Crippen LogP contribution < -0.4 is 5.32 Å². The summed E-state index contributed by atoms with van der Waals surface area (Å²) in [6.45, 7) is 5.81. The average molecular weight is 499 g/mol. The number of pyridine rings is 1. The predicted molar refractivity (Wildman–Crippen MR) is 140 cm³/mol. The number of rotatable bonds is 7. The fourth-order valence-electron chi connectivity index (χ4n) is 3.83. The van der Waals surface area contributed by atoms with E-state index in [1.807, 2.05) is 38.1 Å². The normalized spacial score (nSPS) is 11.0. The van der Waals surface area contributed by atoms with Crippen molar-refractivity contribution in [3.8, 4) is 5.82 Å². The zero-order valence-electron chi connectivity index (χ0n) is 20.9. The van der Waals surface area contributed by atoms with E-state index in [0.29, 0.717) is 16.9 Å². The van der Waals surface area contributed by atoms with Crippen LogP contribution in [-0.4, -0.2) is 46.3 Å². The van der Waals surface area contributed by atoms with Gasteiger partial charge in [-0.3, -0.25) is 4.79 Å². The van der Waals surface area contributed by atoms with Crippen LogP contribution in [0.25, 0.3) is 22.8 Å². The smallest absolute Gasteiger partial charge is 0.343 e. The van der Waals surface area contributed by atoms with Gasteiger partial charge >= 0.3 is 11.9 Å². The SMILES string of the molecule is CCOC(=O)c1cnn(-c2cc(C)c3cccc(C)c3n2)c1NC(=O)/C=C/c1ccc(C(=O)OC)cc1. The van der Waals surface area contributed by atoms with E-state index < -0.39 is 17.8 Å². The van der Waals surface area contributed by atoms with Crippen LogP contribution in [0.15, 0.2) is 60.8 Å². The molecule has 0 spiro atoms. The number of methoxy groups -OCH3 is 1. The van der Waals surface area contributed by atoms with Crippen molar-refractivity contribution in [2.75, 3.05) is 19.0 Å². The number of esters is 2. The Morgan fingerprint density at radius 1 is 1.03 bits per heavy atom. The number of carbonyl (C=O) groups excluding carboxylic acids is 3. The highest BCUT2D eigenvalue weighted by Crippen LogP contribution is 2.26. The van der Waals surface area contributed by atoms with Gasteiger partial charge in [0.05, 0.1) is 31.0 Å². The van der Waals surface area contributed by atoms with Gasteiger partial charge in [-0.25, -0.2) is 14.6 Å². The minimum atomic E-state index is -0.611. The number of hydrogen-bond acceptors (Lipinski definition) is 7. The lowest BCUT2D eigenvalue weighted by Crippen LogP contribution is -2.16. The summed E-state index contributed by atoms with van der Waals surface area (Å²) in [6.07, 6.45) is 4.26. The third-order valence-electron chi connectivity index (χ3n) is 5.72. The van der Waals surface area contributed by atoms with Gasteiger partial charge in [0.25, 0.3) is 0 Å². The quantitative estimate of drug-likeness (QED) is 0.291. The number of carbonyl (C=O) groups is 3. The molecule has 1 N–H and O–H groups in total. The first-order valence-corrected chi connectivity index (χ1v) is 11.6. The van der Waals surface area contributed by atoms with Gasteiger partial charge in [0, 0.05) is 11.5 Å². The molecule has 4 rings (SSSR count). The maximum atomic E-state index is 12.9. The van der Waals surface area contributed by atoms with Crippen LogP contribution in [0, 0.1) is 13.8 Å². The Balaban J connectivity index is 1.68. The molecule has 0 bridgehead atoms. The largest absolute Gasteiger partial charge is 0.465 e. The fraction of sp³-hybridized carbons (Fsp3) is 0.179. The van der Waals surface area contributed by atoms with Gasteiger partial charge in [-0.15, -0.1) is 0 Å². The van der Waals surface area contributed by atoms with Gasteiger partial charge in [0.2, 0.25) is 5.91 Å². The van der Waals surface area contributed by atoms with E-state index in [1.54, 1.807) is 37.3 Å². The van der Waals surface area contributed by atoms with E-state index in [4.69, 9.17) is 14.5 Å². The third-order valence-corrected chi connectivity index (χ3v) is 5.72. The van der Waals surface area contributed by atoms with Gasteiger partial charge < -0.3 is 14.8 Å². The van der Waals surface area contributed by atoms with Crippen LogP contribution in [-0.2, 0) is 14.3 Å². The summed E-state index contributed by atoms with van der Waals surface area (Å²) in [7, 11) is 1.31. The second-order valence-electron chi connectivity index (χ2n) is 8.24. The number of amides is 1. The monoisotopic (exact) mass is 498 g/mol. The highest BCUT2D eigenvalue weighted by molar-refractivity contribution is 6.06. The first kappa shape index (κ1) is 25.3. The molecular weight excluding hydrogens is 472 g/mol. The van der Waals surface area contributed by atoms with E-state index in [1.165, 1.54) is 24.1 Å². The zero-order chi connectivity index (χ0) is 26.5. The van der Waals surface area contributed by atoms with Gasteiger partial charge in [0.1, 0.15) is 5.56 Å². The molecule has 0 aliphatic rings. The molecule has 0 aliphatic heterocycles. The number of nitrogens with zero attached hydrogens (tertiary/aromatic N) is 3. The number of anilines is 1. The van der Waals surface area contributed by atoms with Gasteiger partial charge in [-0.1, -0.05) is 30.3 Å². The first-order chi connectivity index (χ1) is 17.8. The molecule has 2 aromatic carbocycles. The molecule has 0 atom stereocenters. The van der Waals surface area contributed by atoms with Crippen molar-refractivity contribution in [3.63, 3.8) is 0 Å². The number of aryl methyl sites for hydroxylation is 2. The Labute approximate surface area is 213 Å². The minimum absolute atomic E-state index is 0.107. The molecule has 0 fully saturated rings. The number of aromatic nitrogens is 3. The second-order valence-corrected chi connectivity index (χ2v) is 8.24. The third kappa shape index (κ3) is 5.40. The van der Waals surface area contributed by atoms with Crippen molar-refractivity contribution in [2.45, 2.75) is 20.8 Å². The number of fused-ring (bicyclic) bond motifs is 1. The molecule has 0 aliphatic carbocycles. The van der Waals surface area contributed by atoms with Crippen LogP contribution in [0.5, 0.6) is 0 Å². The second kappa shape index (κ2) is 10.9. The Bertz CT molecular complexity index is 1520. The molecule has 2 aromatic heterocycles. The lowest BCUT2D eigenvalue weighted by atomic mass is 10.1. The van der Waals surface area contributed by atoms with Crippen molar-refractivity contribution >= 4 is 40.6 Å². The molecule has 4 aromatic rings.